The van der Waals surface area contributed by atoms with E-state index in [1.165, 1.54) is 25.7 Å². The SMILES string of the molecule is CCOCC1CC(CC)CCC1CNC(C)(C)C. The lowest BCUT2D eigenvalue weighted by molar-refractivity contribution is 0.0482. The van der Waals surface area contributed by atoms with Gasteiger partial charge in [-0.1, -0.05) is 19.8 Å². The molecule has 0 aromatic rings. The molecule has 1 N–H and O–H groups in total. The highest BCUT2D eigenvalue weighted by Crippen LogP contribution is 2.35. The van der Waals surface area contributed by atoms with Crippen molar-refractivity contribution in [3.8, 4) is 0 Å². The quantitative estimate of drug-likeness (QED) is 0.778. The van der Waals surface area contributed by atoms with Gasteiger partial charge in [-0.15, -0.1) is 0 Å². The summed E-state index contributed by atoms with van der Waals surface area (Å²) in [6, 6.07) is 0. The van der Waals surface area contributed by atoms with Crippen LogP contribution in [-0.4, -0.2) is 25.3 Å². The van der Waals surface area contributed by atoms with Crippen LogP contribution in [0.25, 0.3) is 0 Å². The Balaban J connectivity index is 2.46. The zero-order valence-corrected chi connectivity index (χ0v) is 13.1. The lowest BCUT2D eigenvalue weighted by atomic mass is 9.73. The third-order valence-electron chi connectivity index (χ3n) is 4.26. The number of ether oxygens (including phenoxy) is 1. The van der Waals surface area contributed by atoms with Crippen molar-refractivity contribution >= 4 is 0 Å². The molecule has 1 aliphatic carbocycles. The Kier molecular flexibility index (Phi) is 6.65. The number of hydrogen-bond acceptors (Lipinski definition) is 2. The van der Waals surface area contributed by atoms with E-state index in [2.05, 4.69) is 39.9 Å². The highest BCUT2D eigenvalue weighted by atomic mass is 16.5. The molecule has 1 aliphatic rings. The van der Waals surface area contributed by atoms with Crippen LogP contribution in [0, 0.1) is 17.8 Å². The van der Waals surface area contributed by atoms with Crippen molar-refractivity contribution in [3.05, 3.63) is 0 Å². The van der Waals surface area contributed by atoms with Crippen LogP contribution >= 0.6 is 0 Å². The third-order valence-corrected chi connectivity index (χ3v) is 4.26. The average molecular weight is 255 g/mol. The van der Waals surface area contributed by atoms with E-state index in [9.17, 15) is 0 Å². The summed E-state index contributed by atoms with van der Waals surface area (Å²) in [4.78, 5) is 0. The van der Waals surface area contributed by atoms with Gasteiger partial charge in [0.2, 0.25) is 0 Å². The van der Waals surface area contributed by atoms with Crippen LogP contribution in [-0.2, 0) is 4.74 Å². The molecule has 0 saturated heterocycles. The van der Waals surface area contributed by atoms with Crippen molar-refractivity contribution in [1.82, 2.24) is 5.32 Å². The minimum Gasteiger partial charge on any atom is -0.381 e. The summed E-state index contributed by atoms with van der Waals surface area (Å²) in [5.74, 6) is 2.50. The van der Waals surface area contributed by atoms with Crippen LogP contribution in [0.4, 0.5) is 0 Å². The van der Waals surface area contributed by atoms with E-state index in [-0.39, 0.29) is 5.54 Å². The molecule has 0 aromatic heterocycles. The zero-order valence-electron chi connectivity index (χ0n) is 13.1. The third kappa shape index (κ3) is 5.71. The van der Waals surface area contributed by atoms with Gasteiger partial charge in [0.05, 0.1) is 0 Å². The summed E-state index contributed by atoms with van der Waals surface area (Å²) < 4.78 is 5.70. The first kappa shape index (κ1) is 16.0. The van der Waals surface area contributed by atoms with Crippen LogP contribution < -0.4 is 5.32 Å². The van der Waals surface area contributed by atoms with E-state index in [1.807, 2.05) is 0 Å². The standard InChI is InChI=1S/C16H33NO/c1-6-13-8-9-14(11-17-16(3,4)5)15(10-13)12-18-7-2/h13-15,17H,6-12H2,1-5H3. The summed E-state index contributed by atoms with van der Waals surface area (Å²) in [7, 11) is 0. The highest BCUT2D eigenvalue weighted by Gasteiger charge is 2.30. The van der Waals surface area contributed by atoms with Gasteiger partial charge in [0.15, 0.2) is 0 Å². The van der Waals surface area contributed by atoms with Gasteiger partial charge in [0.25, 0.3) is 0 Å². The Bertz CT molecular complexity index is 222. The molecule has 0 spiro atoms. The summed E-state index contributed by atoms with van der Waals surface area (Å²) in [5.41, 5.74) is 0.234. The Hall–Kier alpha value is -0.0800. The molecular formula is C16H33NO. The Morgan fingerprint density at radius 2 is 1.83 bits per heavy atom. The molecule has 1 saturated carbocycles. The number of nitrogens with one attached hydrogen (secondary N) is 1. The van der Waals surface area contributed by atoms with Crippen LogP contribution in [0.1, 0.15) is 60.3 Å². The van der Waals surface area contributed by atoms with E-state index in [1.54, 1.807) is 0 Å². The topological polar surface area (TPSA) is 21.3 Å². The second-order valence-corrected chi connectivity index (χ2v) is 6.90. The molecule has 1 rings (SSSR count). The number of rotatable bonds is 6. The van der Waals surface area contributed by atoms with Crippen molar-refractivity contribution in [2.75, 3.05) is 19.8 Å². The van der Waals surface area contributed by atoms with Gasteiger partial charge in [-0.2, -0.15) is 0 Å². The molecule has 0 bridgehead atoms. The van der Waals surface area contributed by atoms with Gasteiger partial charge < -0.3 is 10.1 Å². The van der Waals surface area contributed by atoms with Crippen LogP contribution in [0.3, 0.4) is 0 Å². The minimum atomic E-state index is 0.234. The van der Waals surface area contributed by atoms with E-state index in [0.717, 1.165) is 37.5 Å². The van der Waals surface area contributed by atoms with E-state index in [0.29, 0.717) is 0 Å². The van der Waals surface area contributed by atoms with Gasteiger partial charge in [0.1, 0.15) is 0 Å². The summed E-state index contributed by atoms with van der Waals surface area (Å²) >= 11 is 0. The van der Waals surface area contributed by atoms with Crippen LogP contribution in [0.5, 0.6) is 0 Å². The highest BCUT2D eigenvalue weighted by molar-refractivity contribution is 4.83. The largest absolute Gasteiger partial charge is 0.381 e. The molecule has 3 unspecified atom stereocenters. The second kappa shape index (κ2) is 7.49. The van der Waals surface area contributed by atoms with Crippen molar-refractivity contribution in [3.63, 3.8) is 0 Å². The minimum absolute atomic E-state index is 0.234. The lowest BCUT2D eigenvalue weighted by Gasteiger charge is -2.37. The van der Waals surface area contributed by atoms with Crippen molar-refractivity contribution in [1.29, 1.82) is 0 Å². The van der Waals surface area contributed by atoms with Crippen molar-refractivity contribution in [2.24, 2.45) is 17.8 Å². The first-order valence-electron chi connectivity index (χ1n) is 7.79. The Morgan fingerprint density at radius 1 is 1.11 bits per heavy atom. The van der Waals surface area contributed by atoms with Gasteiger partial charge in [-0.25, -0.2) is 0 Å². The summed E-state index contributed by atoms with van der Waals surface area (Å²) in [6.45, 7) is 14.2. The smallest absolute Gasteiger partial charge is 0.0497 e. The first-order valence-corrected chi connectivity index (χ1v) is 7.79. The Labute approximate surface area is 114 Å². The monoisotopic (exact) mass is 255 g/mol. The predicted molar refractivity (Wildman–Crippen MR) is 78.9 cm³/mol. The molecule has 0 aromatic carbocycles. The maximum atomic E-state index is 5.70. The fraction of sp³-hybridized carbons (Fsp3) is 1.00. The molecule has 2 nitrogen and oxygen atoms in total. The van der Waals surface area contributed by atoms with Crippen molar-refractivity contribution in [2.45, 2.75) is 65.8 Å². The normalized spacial score (nSPS) is 29.5. The zero-order chi connectivity index (χ0) is 13.6. The molecule has 1 fully saturated rings. The molecule has 0 amide bonds. The van der Waals surface area contributed by atoms with Gasteiger partial charge in [-0.05, 0) is 64.8 Å². The number of hydrogen-bond donors (Lipinski definition) is 1. The lowest BCUT2D eigenvalue weighted by Crippen LogP contribution is -2.43. The van der Waals surface area contributed by atoms with E-state index in [4.69, 9.17) is 4.74 Å². The van der Waals surface area contributed by atoms with E-state index < -0.39 is 0 Å². The maximum absolute atomic E-state index is 5.70. The molecule has 0 heterocycles. The predicted octanol–water partition coefficient (Wildman–Crippen LogP) is 3.85. The average Bonchev–Trinajstić information content (AvgIpc) is 2.33. The fourth-order valence-corrected chi connectivity index (χ4v) is 2.97. The van der Waals surface area contributed by atoms with Gasteiger partial charge >= 0.3 is 0 Å². The molecule has 0 radical (unpaired) electrons. The molecular weight excluding hydrogens is 222 g/mol. The van der Waals surface area contributed by atoms with E-state index >= 15 is 0 Å². The van der Waals surface area contributed by atoms with Crippen molar-refractivity contribution < 1.29 is 4.74 Å². The molecule has 3 atom stereocenters. The second-order valence-electron chi connectivity index (χ2n) is 6.90. The summed E-state index contributed by atoms with van der Waals surface area (Å²) in [5, 5.41) is 3.68. The van der Waals surface area contributed by atoms with Gasteiger partial charge in [0, 0.05) is 18.8 Å². The molecule has 0 aliphatic heterocycles. The fourth-order valence-electron chi connectivity index (χ4n) is 2.97. The molecule has 18 heavy (non-hydrogen) atoms. The molecule has 108 valence electrons. The first-order chi connectivity index (χ1) is 8.46. The van der Waals surface area contributed by atoms with Crippen LogP contribution in [0.2, 0.25) is 0 Å². The summed E-state index contributed by atoms with van der Waals surface area (Å²) in [6.07, 6.45) is 5.49. The molecule has 2 heteroatoms. The van der Waals surface area contributed by atoms with Crippen LogP contribution in [0.15, 0.2) is 0 Å². The Morgan fingerprint density at radius 3 is 2.39 bits per heavy atom. The van der Waals surface area contributed by atoms with Gasteiger partial charge in [-0.3, -0.25) is 0 Å². The maximum Gasteiger partial charge on any atom is 0.0497 e.